The molecule has 0 saturated heterocycles. The van der Waals surface area contributed by atoms with Gasteiger partial charge in [0.15, 0.2) is 0 Å². The average Bonchev–Trinajstić information content (AvgIpc) is 2.01. The summed E-state index contributed by atoms with van der Waals surface area (Å²) < 4.78 is 48.4. The summed E-state index contributed by atoms with van der Waals surface area (Å²) in [4.78, 5) is 0. The van der Waals surface area contributed by atoms with Crippen molar-refractivity contribution in [1.29, 1.82) is 5.26 Å². The lowest BCUT2D eigenvalue weighted by molar-refractivity contribution is -0.0887. The van der Waals surface area contributed by atoms with Crippen LogP contribution in [-0.2, 0) is 0 Å². The summed E-state index contributed by atoms with van der Waals surface area (Å²) in [6.07, 6.45) is -3.81. The molecule has 2 nitrogen and oxygen atoms in total. The number of rotatable bonds is 0. The fourth-order valence-electron chi connectivity index (χ4n) is 0.796. The summed E-state index contributed by atoms with van der Waals surface area (Å²) in [5.41, 5.74) is -1.17. The fraction of sp³-hybridized carbons (Fsp3) is 0.286. The molecule has 1 rings (SSSR count). The highest BCUT2D eigenvalue weighted by Gasteiger charge is 2.33. The van der Waals surface area contributed by atoms with Crippen molar-refractivity contribution >= 4 is 0 Å². The molecule has 0 aromatic carbocycles. The maximum absolute atomic E-state index is 12.4. The second kappa shape index (κ2) is 3.09. The minimum absolute atomic E-state index is 0.258. The first-order valence-electron chi connectivity index (χ1n) is 3.20. The van der Waals surface area contributed by atoms with Gasteiger partial charge in [0.2, 0.25) is 0 Å². The van der Waals surface area contributed by atoms with Gasteiger partial charge in [0.25, 0.3) is 0 Å². The van der Waals surface area contributed by atoms with E-state index >= 15 is 0 Å². The van der Waals surface area contributed by atoms with E-state index in [1.165, 1.54) is 6.07 Å². The molecule has 13 heavy (non-hydrogen) atoms. The smallest absolute Gasteiger partial charge is 0.416 e. The highest BCUT2D eigenvalue weighted by Crippen LogP contribution is 2.33. The van der Waals surface area contributed by atoms with Crippen LogP contribution >= 0.6 is 0 Å². The number of nitrogens with zero attached hydrogens (tertiary/aromatic N) is 2. The van der Waals surface area contributed by atoms with Gasteiger partial charge in [0.1, 0.15) is 0 Å². The van der Waals surface area contributed by atoms with E-state index in [2.05, 4.69) is 5.32 Å². The van der Waals surface area contributed by atoms with Gasteiger partial charge in [-0.05, 0) is 12.1 Å². The first kappa shape index (κ1) is 9.58. The lowest BCUT2D eigenvalue weighted by atomic mass is 10.1. The molecule has 70 valence electrons. The highest BCUT2D eigenvalue weighted by atomic mass is 19.4. The second-order valence-corrected chi connectivity index (χ2v) is 2.29. The molecule has 0 radical (unpaired) electrons. The van der Waals surface area contributed by atoms with Crippen LogP contribution in [0.1, 0.15) is 0 Å². The third-order valence-electron chi connectivity index (χ3n) is 1.33. The van der Waals surface area contributed by atoms with Gasteiger partial charge >= 0.3 is 6.18 Å². The number of halogens is 4. The molecule has 0 N–H and O–H groups in total. The van der Waals surface area contributed by atoms with Crippen molar-refractivity contribution in [1.82, 2.24) is 0 Å². The van der Waals surface area contributed by atoms with Gasteiger partial charge in [-0.15, -0.1) is 0 Å². The van der Waals surface area contributed by atoms with Crippen LogP contribution in [0.3, 0.4) is 0 Å². The number of hydrogen-bond acceptors (Lipinski definition) is 1. The summed E-state index contributed by atoms with van der Waals surface area (Å²) >= 11 is 0. The molecule has 0 saturated carbocycles. The molecule has 0 aromatic heterocycles. The van der Waals surface area contributed by atoms with E-state index in [-0.39, 0.29) is 6.08 Å². The Kier molecular flexibility index (Phi) is 2.28. The Morgan fingerprint density at radius 2 is 2.08 bits per heavy atom. The van der Waals surface area contributed by atoms with E-state index in [0.717, 1.165) is 0 Å². The Hall–Kier alpha value is -1.51. The van der Waals surface area contributed by atoms with Crippen molar-refractivity contribution in [3.63, 3.8) is 0 Å². The Bertz CT molecular complexity index is 307. The molecule has 1 aliphatic rings. The topological polar surface area (TPSA) is 37.9 Å². The molecule has 0 aliphatic carbocycles. The summed E-state index contributed by atoms with van der Waals surface area (Å²) in [6, 6.07) is 0.0251. The Balaban J connectivity index is 2.98. The molecule has 1 aliphatic heterocycles. The third-order valence-corrected chi connectivity index (χ3v) is 1.33. The van der Waals surface area contributed by atoms with Gasteiger partial charge in [0, 0.05) is 5.95 Å². The minimum atomic E-state index is -4.64. The van der Waals surface area contributed by atoms with E-state index in [1.807, 2.05) is 0 Å². The molecule has 0 bridgehead atoms. The van der Waals surface area contributed by atoms with Crippen LogP contribution in [0.2, 0.25) is 0 Å². The number of allylic oxidation sites excluding steroid dienone is 2. The quantitative estimate of drug-likeness (QED) is 0.428. The molecule has 0 aromatic rings. The maximum Gasteiger partial charge on any atom is 0.416 e. The van der Waals surface area contributed by atoms with Gasteiger partial charge in [-0.2, -0.15) is 18.4 Å². The van der Waals surface area contributed by atoms with Crippen molar-refractivity contribution in [3.8, 4) is 6.07 Å². The van der Waals surface area contributed by atoms with Gasteiger partial charge in [-0.25, -0.2) is 4.39 Å². The predicted octanol–water partition coefficient (Wildman–Crippen LogP) is 2.57. The number of nitriles is 1. The number of hydrogen-bond donors (Lipinski definition) is 0. The van der Waals surface area contributed by atoms with Gasteiger partial charge < -0.3 is 5.32 Å². The van der Waals surface area contributed by atoms with Crippen LogP contribution in [0.5, 0.6) is 0 Å². The van der Waals surface area contributed by atoms with Crippen LogP contribution in [0.25, 0.3) is 5.32 Å². The summed E-state index contributed by atoms with van der Waals surface area (Å²) in [7, 11) is 0. The zero-order valence-corrected chi connectivity index (χ0v) is 6.14. The number of alkyl halides is 3. The standard InChI is InChI=1S/C7H3F4N2/c8-6-2-4(7(9,10)11)1-5(3-12)13-6/h1-2,5H/q-1. The predicted molar refractivity (Wildman–Crippen MR) is 36.1 cm³/mol. The van der Waals surface area contributed by atoms with Crippen LogP contribution in [-0.4, -0.2) is 12.2 Å². The van der Waals surface area contributed by atoms with Crippen molar-refractivity contribution in [2.75, 3.05) is 0 Å². The molecule has 1 atom stereocenters. The van der Waals surface area contributed by atoms with E-state index in [9.17, 15) is 17.6 Å². The molecular weight excluding hydrogens is 188 g/mol. The first-order chi connectivity index (χ1) is 5.93. The first-order valence-corrected chi connectivity index (χ1v) is 3.20. The van der Waals surface area contributed by atoms with Crippen LogP contribution in [0, 0.1) is 11.3 Å². The maximum atomic E-state index is 12.4. The lowest BCUT2D eigenvalue weighted by Gasteiger charge is -2.27. The molecule has 6 heteroatoms. The van der Waals surface area contributed by atoms with Crippen molar-refractivity contribution in [3.05, 3.63) is 29.0 Å². The molecule has 0 spiro atoms. The van der Waals surface area contributed by atoms with E-state index < -0.39 is 23.7 Å². The minimum Gasteiger partial charge on any atom is -0.642 e. The average molecular weight is 191 g/mol. The van der Waals surface area contributed by atoms with Gasteiger partial charge in [0.05, 0.1) is 11.6 Å². The summed E-state index contributed by atoms with van der Waals surface area (Å²) in [6.45, 7) is 0. The van der Waals surface area contributed by atoms with E-state index in [1.54, 1.807) is 0 Å². The second-order valence-electron chi connectivity index (χ2n) is 2.29. The SMILES string of the molecule is N#CC1C=C(C(F)(F)F)C=C(F)[N-]1. The Morgan fingerprint density at radius 1 is 1.46 bits per heavy atom. The molecule has 0 amide bonds. The fourth-order valence-corrected chi connectivity index (χ4v) is 0.796. The van der Waals surface area contributed by atoms with Crippen molar-refractivity contribution in [2.24, 2.45) is 0 Å². The molecule has 0 fully saturated rings. The zero-order valence-electron chi connectivity index (χ0n) is 6.14. The van der Waals surface area contributed by atoms with Gasteiger partial charge in [-0.1, -0.05) is 6.08 Å². The largest absolute Gasteiger partial charge is 0.642 e. The van der Waals surface area contributed by atoms with E-state index in [0.29, 0.717) is 6.08 Å². The van der Waals surface area contributed by atoms with Gasteiger partial charge in [-0.3, -0.25) is 0 Å². The lowest BCUT2D eigenvalue weighted by Crippen LogP contribution is -2.16. The summed E-state index contributed by atoms with van der Waals surface area (Å²) in [5.74, 6) is -1.28. The van der Waals surface area contributed by atoms with Crippen LogP contribution < -0.4 is 0 Å². The molecule has 1 heterocycles. The van der Waals surface area contributed by atoms with Crippen LogP contribution in [0.4, 0.5) is 17.6 Å². The normalized spacial score (nSPS) is 22.5. The Labute approximate surface area is 71.1 Å². The summed E-state index contributed by atoms with van der Waals surface area (Å²) in [5, 5.41) is 11.3. The Morgan fingerprint density at radius 3 is 2.54 bits per heavy atom. The van der Waals surface area contributed by atoms with Crippen molar-refractivity contribution in [2.45, 2.75) is 12.2 Å². The zero-order chi connectivity index (χ0) is 10.1. The third kappa shape index (κ3) is 2.21. The molecule has 1 unspecified atom stereocenters. The monoisotopic (exact) mass is 191 g/mol. The molecular formula is C7H3F4N2-. The van der Waals surface area contributed by atoms with Crippen molar-refractivity contribution < 1.29 is 17.6 Å². The highest BCUT2D eigenvalue weighted by molar-refractivity contribution is 5.42. The van der Waals surface area contributed by atoms with Crippen LogP contribution in [0.15, 0.2) is 23.7 Å². The van der Waals surface area contributed by atoms with E-state index in [4.69, 9.17) is 5.26 Å².